The molecule has 0 aliphatic heterocycles. The van der Waals surface area contributed by atoms with Crippen LogP contribution in [0.4, 0.5) is 5.82 Å². The van der Waals surface area contributed by atoms with Crippen molar-refractivity contribution in [3.05, 3.63) is 12.3 Å². The molecule has 0 aromatic carbocycles. The molecule has 88 valence electrons. The van der Waals surface area contributed by atoms with Crippen LogP contribution in [0.15, 0.2) is 12.3 Å². The van der Waals surface area contributed by atoms with Gasteiger partial charge in [0.15, 0.2) is 0 Å². The van der Waals surface area contributed by atoms with Crippen molar-refractivity contribution >= 4 is 17.7 Å². The maximum Gasteiger partial charge on any atom is 0.325 e. The molecular weight excluding hydrogens is 212 g/mol. The van der Waals surface area contributed by atoms with E-state index >= 15 is 0 Å². The van der Waals surface area contributed by atoms with Gasteiger partial charge >= 0.3 is 5.97 Å². The van der Waals surface area contributed by atoms with Crippen LogP contribution in [-0.2, 0) is 20.9 Å². The molecule has 0 radical (unpaired) electrons. The van der Waals surface area contributed by atoms with Crippen LogP contribution in [0.1, 0.15) is 0 Å². The first-order valence-corrected chi connectivity index (χ1v) is 4.62. The molecule has 0 fully saturated rings. The van der Waals surface area contributed by atoms with Crippen molar-refractivity contribution in [2.45, 2.75) is 6.54 Å². The summed E-state index contributed by atoms with van der Waals surface area (Å²) in [6, 6.07) is 1.59. The number of anilines is 1. The quantitative estimate of drug-likeness (QED) is 0.672. The van der Waals surface area contributed by atoms with Gasteiger partial charge in [-0.05, 0) is 6.07 Å². The molecule has 0 spiro atoms. The molecule has 16 heavy (non-hydrogen) atoms. The molecule has 2 N–H and O–H groups in total. The Kier molecular flexibility index (Phi) is 3.87. The topological polar surface area (TPSA) is 90.5 Å². The Balaban J connectivity index is 2.49. The Hall–Kier alpha value is -2.05. The third kappa shape index (κ3) is 3.26. The minimum atomic E-state index is -0.462. The van der Waals surface area contributed by atoms with Crippen molar-refractivity contribution in [2.24, 2.45) is 0 Å². The monoisotopic (exact) mass is 226 g/mol. The molecule has 1 amide bonds. The maximum atomic E-state index is 11.6. The summed E-state index contributed by atoms with van der Waals surface area (Å²) >= 11 is 0. The van der Waals surface area contributed by atoms with Gasteiger partial charge in [-0.15, -0.1) is 0 Å². The zero-order chi connectivity index (χ0) is 12.1. The van der Waals surface area contributed by atoms with E-state index in [1.165, 1.54) is 23.7 Å². The van der Waals surface area contributed by atoms with E-state index in [0.717, 1.165) is 0 Å². The summed E-state index contributed by atoms with van der Waals surface area (Å²) in [6.07, 6.45) is 1.60. The SMILES string of the molecule is COC(=O)CN(C)C(=O)Cn1ccc(N)n1. The Morgan fingerprint density at radius 2 is 2.31 bits per heavy atom. The highest BCUT2D eigenvalue weighted by Crippen LogP contribution is 1.97. The lowest BCUT2D eigenvalue weighted by Crippen LogP contribution is -2.35. The van der Waals surface area contributed by atoms with E-state index in [0.29, 0.717) is 5.82 Å². The number of carbonyl (C=O) groups excluding carboxylic acids is 2. The molecule has 1 aromatic heterocycles. The van der Waals surface area contributed by atoms with Gasteiger partial charge in [-0.25, -0.2) is 0 Å². The average molecular weight is 226 g/mol. The Labute approximate surface area is 92.8 Å². The summed E-state index contributed by atoms with van der Waals surface area (Å²) in [7, 11) is 2.79. The molecule has 1 rings (SSSR count). The number of carbonyl (C=O) groups is 2. The number of methoxy groups -OCH3 is 1. The van der Waals surface area contributed by atoms with Crippen LogP contribution in [0.25, 0.3) is 0 Å². The second-order valence-electron chi connectivity index (χ2n) is 3.26. The Bertz CT molecular complexity index is 388. The Morgan fingerprint density at radius 1 is 1.62 bits per heavy atom. The van der Waals surface area contributed by atoms with Gasteiger partial charge in [0.1, 0.15) is 18.9 Å². The summed E-state index contributed by atoms with van der Waals surface area (Å²) in [5, 5.41) is 3.86. The highest BCUT2D eigenvalue weighted by atomic mass is 16.5. The average Bonchev–Trinajstić information content (AvgIpc) is 2.63. The van der Waals surface area contributed by atoms with Crippen LogP contribution in [0, 0.1) is 0 Å². The highest BCUT2D eigenvalue weighted by Gasteiger charge is 2.13. The zero-order valence-electron chi connectivity index (χ0n) is 9.21. The summed E-state index contributed by atoms with van der Waals surface area (Å²) in [5.74, 6) is -0.354. The molecule has 0 saturated heterocycles. The number of hydrogen-bond donors (Lipinski definition) is 1. The predicted octanol–water partition coefficient (Wildman–Crippen LogP) is -0.903. The van der Waals surface area contributed by atoms with Gasteiger partial charge < -0.3 is 15.4 Å². The number of nitrogens with two attached hydrogens (primary N) is 1. The van der Waals surface area contributed by atoms with Gasteiger partial charge in [0.25, 0.3) is 0 Å². The van der Waals surface area contributed by atoms with E-state index in [2.05, 4.69) is 9.84 Å². The van der Waals surface area contributed by atoms with Crippen molar-refractivity contribution in [2.75, 3.05) is 26.4 Å². The number of nitrogens with zero attached hydrogens (tertiary/aromatic N) is 3. The molecule has 1 heterocycles. The first-order valence-electron chi connectivity index (χ1n) is 4.62. The van der Waals surface area contributed by atoms with E-state index in [4.69, 9.17) is 5.73 Å². The normalized spacial score (nSPS) is 9.88. The van der Waals surface area contributed by atoms with E-state index < -0.39 is 5.97 Å². The largest absolute Gasteiger partial charge is 0.468 e. The molecule has 0 unspecified atom stereocenters. The molecule has 1 aromatic rings. The van der Waals surface area contributed by atoms with Gasteiger partial charge in [0, 0.05) is 13.2 Å². The van der Waals surface area contributed by atoms with E-state index in [1.54, 1.807) is 12.3 Å². The van der Waals surface area contributed by atoms with Crippen molar-refractivity contribution in [1.29, 1.82) is 0 Å². The third-order valence-corrected chi connectivity index (χ3v) is 1.98. The first-order chi connectivity index (χ1) is 7.52. The molecule has 7 heteroatoms. The van der Waals surface area contributed by atoms with E-state index in [1.807, 2.05) is 0 Å². The number of esters is 1. The lowest BCUT2D eigenvalue weighted by atomic mass is 10.5. The second-order valence-corrected chi connectivity index (χ2v) is 3.26. The highest BCUT2D eigenvalue weighted by molar-refractivity contribution is 5.81. The van der Waals surface area contributed by atoms with Crippen molar-refractivity contribution in [1.82, 2.24) is 14.7 Å². The maximum absolute atomic E-state index is 11.6. The number of ether oxygens (including phenoxy) is 1. The molecule has 0 atom stereocenters. The fourth-order valence-electron chi connectivity index (χ4n) is 1.07. The summed E-state index contributed by atoms with van der Waals surface area (Å²) in [6.45, 7) is -0.0310. The summed E-state index contributed by atoms with van der Waals surface area (Å²) < 4.78 is 5.86. The van der Waals surface area contributed by atoms with E-state index in [9.17, 15) is 9.59 Å². The van der Waals surface area contributed by atoms with Gasteiger partial charge in [0.05, 0.1) is 7.11 Å². The molecule has 7 nitrogen and oxygen atoms in total. The third-order valence-electron chi connectivity index (χ3n) is 1.98. The fourth-order valence-corrected chi connectivity index (χ4v) is 1.07. The minimum absolute atomic E-state index is 0.0463. The van der Waals surface area contributed by atoms with Crippen LogP contribution in [0.2, 0.25) is 0 Å². The predicted molar refractivity (Wildman–Crippen MR) is 56.3 cm³/mol. The minimum Gasteiger partial charge on any atom is -0.468 e. The van der Waals surface area contributed by atoms with Crippen LogP contribution >= 0.6 is 0 Å². The number of likely N-dealkylation sites (N-methyl/N-ethyl adjacent to an activating group) is 1. The molecule has 0 aliphatic rings. The van der Waals surface area contributed by atoms with Crippen LogP contribution in [0.5, 0.6) is 0 Å². The van der Waals surface area contributed by atoms with Gasteiger partial charge in [0.2, 0.25) is 5.91 Å². The number of amides is 1. The van der Waals surface area contributed by atoms with Crippen LogP contribution in [-0.4, -0.2) is 47.3 Å². The molecule has 0 saturated carbocycles. The molecule has 0 bridgehead atoms. The molecular formula is C9H14N4O3. The van der Waals surface area contributed by atoms with Gasteiger partial charge in [-0.3, -0.25) is 14.3 Å². The Morgan fingerprint density at radius 3 is 2.81 bits per heavy atom. The van der Waals surface area contributed by atoms with Crippen LogP contribution < -0.4 is 5.73 Å². The zero-order valence-corrected chi connectivity index (χ0v) is 9.21. The van der Waals surface area contributed by atoms with E-state index in [-0.39, 0.29) is 19.0 Å². The number of rotatable bonds is 4. The van der Waals surface area contributed by atoms with Crippen molar-refractivity contribution in [3.63, 3.8) is 0 Å². The molecule has 0 aliphatic carbocycles. The lowest BCUT2D eigenvalue weighted by molar-refractivity contribution is -0.146. The fraction of sp³-hybridized carbons (Fsp3) is 0.444. The number of hydrogen-bond acceptors (Lipinski definition) is 5. The van der Waals surface area contributed by atoms with Gasteiger partial charge in [-0.1, -0.05) is 0 Å². The lowest BCUT2D eigenvalue weighted by Gasteiger charge is -2.15. The van der Waals surface area contributed by atoms with Crippen molar-refractivity contribution in [3.8, 4) is 0 Å². The first kappa shape index (κ1) is 12.0. The number of aromatic nitrogens is 2. The second kappa shape index (κ2) is 5.15. The summed E-state index contributed by atoms with van der Waals surface area (Å²) in [5.41, 5.74) is 5.40. The van der Waals surface area contributed by atoms with Gasteiger partial charge in [-0.2, -0.15) is 5.10 Å². The van der Waals surface area contributed by atoms with Crippen molar-refractivity contribution < 1.29 is 14.3 Å². The smallest absolute Gasteiger partial charge is 0.325 e. The standard InChI is InChI=1S/C9H14N4O3/c1-12(6-9(15)16-2)8(14)5-13-4-3-7(10)11-13/h3-4H,5-6H2,1-2H3,(H2,10,11). The number of nitrogen functional groups attached to an aromatic ring is 1. The summed E-state index contributed by atoms with van der Waals surface area (Å²) in [4.78, 5) is 23.8. The van der Waals surface area contributed by atoms with Crippen LogP contribution in [0.3, 0.4) is 0 Å².